The maximum absolute atomic E-state index is 12.3. The Morgan fingerprint density at radius 3 is 1.29 bits per heavy atom. The van der Waals surface area contributed by atoms with Crippen molar-refractivity contribution in [2.45, 2.75) is 294 Å². The molecule has 0 aromatic rings. The number of esters is 1. The lowest BCUT2D eigenvalue weighted by Gasteiger charge is -2.28. The second-order valence-corrected chi connectivity index (χ2v) is 41.3. The van der Waals surface area contributed by atoms with E-state index in [1.54, 1.807) is 0 Å². The monoisotopic (exact) mass is 1010 g/mol. The first-order chi connectivity index (χ1) is 32.4. The summed E-state index contributed by atoms with van der Waals surface area (Å²) >= 11 is 0. The van der Waals surface area contributed by atoms with Crippen LogP contribution >= 0.6 is 0 Å². The van der Waals surface area contributed by atoms with Gasteiger partial charge in [-0.1, -0.05) is 169 Å². The summed E-state index contributed by atoms with van der Waals surface area (Å²) in [6, 6.07) is 3.43. The SMILES string of the molecule is CCCCCCCCCC[C@@H](OCOCC[Si](C)(C)C)[C@H]1CC[C@H]([C@H]2CC[C@H]([C@@H](CCCCCCCCCC[C@H](CC3=CC(C)OC3=O)OCOCC[Si](C)(C)C)OCOCC[Si](C)(C)C)O2)O1. The van der Waals surface area contributed by atoms with Crippen LogP contribution in [0, 0.1) is 0 Å². The molecule has 0 N–H and O–H groups in total. The van der Waals surface area contributed by atoms with Gasteiger partial charge < -0.3 is 42.6 Å². The van der Waals surface area contributed by atoms with E-state index >= 15 is 0 Å². The fourth-order valence-corrected chi connectivity index (χ4v) is 11.8. The molecule has 0 radical (unpaired) electrons. The van der Waals surface area contributed by atoms with Gasteiger partial charge in [0.15, 0.2) is 0 Å². The minimum atomic E-state index is -1.17. The highest BCUT2D eigenvalue weighted by atomic mass is 28.3. The van der Waals surface area contributed by atoms with E-state index in [2.05, 4.69) is 65.8 Å². The van der Waals surface area contributed by atoms with Gasteiger partial charge in [-0.15, -0.1) is 0 Å². The lowest BCUT2D eigenvalue weighted by atomic mass is 9.99. The molecule has 3 rings (SSSR count). The van der Waals surface area contributed by atoms with Crippen molar-refractivity contribution in [1.82, 2.24) is 0 Å². The van der Waals surface area contributed by atoms with Crippen molar-refractivity contribution in [3.63, 3.8) is 0 Å². The average molecular weight is 1010 g/mol. The molecule has 3 aliphatic rings. The second-order valence-electron chi connectivity index (χ2n) is 24.5. The highest BCUT2D eigenvalue weighted by molar-refractivity contribution is 6.76. The Hall–Kier alpha value is -0.459. The van der Waals surface area contributed by atoms with Crippen LogP contribution in [0.2, 0.25) is 77.1 Å². The molecule has 0 aromatic heterocycles. The zero-order valence-electron chi connectivity index (χ0n) is 46.1. The van der Waals surface area contributed by atoms with Gasteiger partial charge in [-0.05, 0) is 76.1 Å². The van der Waals surface area contributed by atoms with Gasteiger partial charge >= 0.3 is 5.97 Å². The summed E-state index contributed by atoms with van der Waals surface area (Å²) in [6.45, 7) is 28.9. The Labute approximate surface area is 421 Å². The average Bonchev–Trinajstić information content (AvgIpc) is 4.02. The van der Waals surface area contributed by atoms with Gasteiger partial charge in [0, 0.05) is 56.0 Å². The maximum atomic E-state index is 12.3. The molecule has 0 saturated carbocycles. The van der Waals surface area contributed by atoms with Crippen molar-refractivity contribution in [2.75, 3.05) is 40.2 Å². The number of ether oxygens (including phenoxy) is 9. The lowest BCUT2D eigenvalue weighted by Crippen LogP contribution is -2.35. The van der Waals surface area contributed by atoms with Crippen LogP contribution in [0.3, 0.4) is 0 Å². The van der Waals surface area contributed by atoms with Crippen LogP contribution in [0.5, 0.6) is 0 Å². The Bertz CT molecular complexity index is 1320. The van der Waals surface area contributed by atoms with Crippen LogP contribution in [0.25, 0.3) is 0 Å². The number of unbranched alkanes of at least 4 members (excludes halogenated alkanes) is 14. The minimum absolute atomic E-state index is 0.0235. The molecule has 8 atom stereocenters. The summed E-state index contributed by atoms with van der Waals surface area (Å²) in [6.07, 6.45) is 30.0. The Balaban J connectivity index is 1.41. The van der Waals surface area contributed by atoms with Crippen molar-refractivity contribution in [1.29, 1.82) is 0 Å². The fourth-order valence-electron chi connectivity index (χ4n) is 9.48. The predicted octanol–water partition coefficient (Wildman–Crippen LogP) is 14.9. The standard InChI is InChI=1S/C55H108O10Si3/c1-12-13-14-15-16-20-23-26-29-49(61-44-58-36-39-67(6,7)8)51-31-33-53(64-51)54-34-32-52(65-54)50(62-45-59-37-40-68(9,10)11)30-27-24-21-18-17-19-22-25-28-48(42-47-41-46(2)63-55(47)56)60-43-57-35-38-66(3,4)5/h41,46,48-54H,12-40,42-45H2,1-11H3/t46?,48-,49-,50-,51-,52-,53-,54-/m1/s1. The molecule has 0 bridgehead atoms. The molecule has 3 heterocycles. The summed E-state index contributed by atoms with van der Waals surface area (Å²) in [5.41, 5.74) is 0.746. The highest BCUT2D eigenvalue weighted by Crippen LogP contribution is 2.36. The zero-order chi connectivity index (χ0) is 49.7. The quantitative estimate of drug-likeness (QED) is 0.0254. The number of hydrogen-bond acceptors (Lipinski definition) is 10. The van der Waals surface area contributed by atoms with Crippen LogP contribution in [0.1, 0.15) is 168 Å². The highest BCUT2D eigenvalue weighted by Gasteiger charge is 2.42. The number of carbonyl (C=O) groups is 1. The van der Waals surface area contributed by atoms with Crippen LogP contribution in [-0.2, 0) is 47.4 Å². The largest absolute Gasteiger partial charge is 0.455 e. The van der Waals surface area contributed by atoms with Crippen molar-refractivity contribution in [3.8, 4) is 0 Å². The summed E-state index contributed by atoms with van der Waals surface area (Å²) in [5.74, 6) is -0.199. The number of carbonyl (C=O) groups excluding carboxylic acids is 1. The van der Waals surface area contributed by atoms with Crippen LogP contribution in [-0.4, -0.2) is 119 Å². The summed E-state index contributed by atoms with van der Waals surface area (Å²) in [4.78, 5) is 12.3. The lowest BCUT2D eigenvalue weighted by molar-refractivity contribution is -0.162. The first kappa shape index (κ1) is 61.8. The molecule has 0 aliphatic carbocycles. The van der Waals surface area contributed by atoms with Gasteiger partial charge in [-0.3, -0.25) is 0 Å². The van der Waals surface area contributed by atoms with E-state index in [9.17, 15) is 4.79 Å². The van der Waals surface area contributed by atoms with Gasteiger partial charge in [0.05, 0.1) is 42.7 Å². The molecule has 0 amide bonds. The van der Waals surface area contributed by atoms with E-state index in [1.165, 1.54) is 89.9 Å². The molecular formula is C55H108O10Si3. The van der Waals surface area contributed by atoms with E-state index in [4.69, 9.17) is 42.6 Å². The van der Waals surface area contributed by atoms with E-state index in [1.807, 2.05) is 13.0 Å². The molecule has 2 fully saturated rings. The van der Waals surface area contributed by atoms with E-state index < -0.39 is 24.2 Å². The van der Waals surface area contributed by atoms with Gasteiger partial charge in [-0.2, -0.15) is 0 Å². The topological polar surface area (TPSA) is 100 Å². The predicted molar refractivity (Wildman–Crippen MR) is 289 cm³/mol. The maximum Gasteiger partial charge on any atom is 0.334 e. The number of cyclic esters (lactones) is 1. The molecule has 400 valence electrons. The van der Waals surface area contributed by atoms with E-state index in [0.717, 1.165) is 101 Å². The molecular weight excluding hydrogens is 905 g/mol. The number of hydrogen-bond donors (Lipinski definition) is 0. The Morgan fingerprint density at radius 1 is 0.529 bits per heavy atom. The molecule has 2 saturated heterocycles. The first-order valence-corrected chi connectivity index (χ1v) is 39.3. The molecule has 68 heavy (non-hydrogen) atoms. The molecule has 3 aliphatic heterocycles. The van der Waals surface area contributed by atoms with Crippen LogP contribution in [0.4, 0.5) is 0 Å². The molecule has 0 aromatic carbocycles. The molecule has 1 unspecified atom stereocenters. The summed E-state index contributed by atoms with van der Waals surface area (Å²) in [5, 5.41) is 0. The van der Waals surface area contributed by atoms with Crippen molar-refractivity contribution in [3.05, 3.63) is 11.6 Å². The van der Waals surface area contributed by atoms with E-state index in [-0.39, 0.29) is 54.8 Å². The fraction of sp³-hybridized carbons (Fsp3) is 0.945. The van der Waals surface area contributed by atoms with Gasteiger partial charge in [0.2, 0.25) is 0 Å². The Kier molecular flexibility index (Phi) is 31.7. The van der Waals surface area contributed by atoms with Crippen LogP contribution < -0.4 is 0 Å². The smallest absolute Gasteiger partial charge is 0.334 e. The molecule has 10 nitrogen and oxygen atoms in total. The van der Waals surface area contributed by atoms with Gasteiger partial charge in [0.25, 0.3) is 0 Å². The molecule has 0 spiro atoms. The third kappa shape index (κ3) is 29.9. The first-order valence-electron chi connectivity index (χ1n) is 28.2. The van der Waals surface area contributed by atoms with Crippen LogP contribution in [0.15, 0.2) is 11.6 Å². The normalized spacial score (nSPS) is 22.8. The third-order valence-corrected chi connectivity index (χ3v) is 19.2. The molecule has 13 heteroatoms. The summed E-state index contributed by atoms with van der Waals surface area (Å²) in [7, 11) is -3.46. The number of rotatable bonds is 43. The zero-order valence-corrected chi connectivity index (χ0v) is 49.1. The summed E-state index contributed by atoms with van der Waals surface area (Å²) < 4.78 is 56.3. The van der Waals surface area contributed by atoms with E-state index in [0.29, 0.717) is 26.8 Å². The third-order valence-electron chi connectivity index (χ3n) is 14.1. The van der Waals surface area contributed by atoms with Crippen molar-refractivity contribution < 1.29 is 47.4 Å². The second kappa shape index (κ2) is 34.9. The van der Waals surface area contributed by atoms with Gasteiger partial charge in [0.1, 0.15) is 26.5 Å². The minimum Gasteiger partial charge on any atom is -0.455 e. The van der Waals surface area contributed by atoms with Crippen molar-refractivity contribution >= 4 is 30.2 Å². The van der Waals surface area contributed by atoms with Crippen molar-refractivity contribution in [2.24, 2.45) is 0 Å². The Morgan fingerprint density at radius 2 is 0.912 bits per heavy atom. The van der Waals surface area contributed by atoms with Gasteiger partial charge in [-0.25, -0.2) is 4.79 Å².